The lowest BCUT2D eigenvalue weighted by molar-refractivity contribution is 0.340. The molecular weight excluding hydrogens is 336 g/mol. The van der Waals surface area contributed by atoms with Crippen molar-refractivity contribution in [3.63, 3.8) is 0 Å². The van der Waals surface area contributed by atoms with E-state index in [1.807, 2.05) is 41.9 Å². The molecule has 0 bridgehead atoms. The Bertz CT molecular complexity index is 862. The zero-order valence-corrected chi connectivity index (χ0v) is 14.6. The van der Waals surface area contributed by atoms with Gasteiger partial charge in [0.1, 0.15) is 12.1 Å². The molecule has 2 atom stereocenters. The van der Waals surface area contributed by atoms with Gasteiger partial charge in [-0.15, -0.1) is 0 Å². The second-order valence-corrected chi connectivity index (χ2v) is 6.47. The Kier molecular flexibility index (Phi) is 4.32. The number of hydrogen-bond donors (Lipinski definition) is 1. The molecule has 1 aliphatic rings. The van der Waals surface area contributed by atoms with Gasteiger partial charge in [0, 0.05) is 5.02 Å². The molecule has 2 aromatic carbocycles. The van der Waals surface area contributed by atoms with E-state index in [1.54, 1.807) is 6.33 Å². The third-order valence-electron chi connectivity index (χ3n) is 4.46. The summed E-state index contributed by atoms with van der Waals surface area (Å²) in [5.41, 5.74) is 2.33. The van der Waals surface area contributed by atoms with Gasteiger partial charge in [0.25, 0.3) is 0 Å². The molecule has 0 unspecified atom stereocenters. The summed E-state index contributed by atoms with van der Waals surface area (Å²) in [5, 5.41) is 8.60. The highest BCUT2D eigenvalue weighted by Gasteiger charge is 2.29. The second kappa shape index (κ2) is 6.76. The molecule has 1 aromatic heterocycles. The Morgan fingerprint density at radius 3 is 2.80 bits per heavy atom. The second-order valence-electron chi connectivity index (χ2n) is 6.03. The average Bonchev–Trinajstić information content (AvgIpc) is 3.10. The lowest BCUT2D eigenvalue weighted by Gasteiger charge is -2.32. The van der Waals surface area contributed by atoms with Crippen molar-refractivity contribution in [1.29, 1.82) is 0 Å². The molecule has 128 valence electrons. The first-order valence-electron chi connectivity index (χ1n) is 8.39. The molecule has 6 heteroatoms. The van der Waals surface area contributed by atoms with E-state index in [0.717, 1.165) is 28.7 Å². The van der Waals surface area contributed by atoms with Gasteiger partial charge in [-0.3, -0.25) is 0 Å². The maximum Gasteiger partial charge on any atom is 0.222 e. The van der Waals surface area contributed by atoms with Gasteiger partial charge < -0.3 is 10.1 Å². The number of nitrogens with one attached hydrogen (secondary N) is 1. The van der Waals surface area contributed by atoms with E-state index in [2.05, 4.69) is 33.6 Å². The molecule has 4 rings (SSSR count). The van der Waals surface area contributed by atoms with Crippen molar-refractivity contribution in [2.75, 3.05) is 11.9 Å². The number of ether oxygens (including phenoxy) is 1. The number of rotatable bonds is 4. The predicted octanol–water partition coefficient (Wildman–Crippen LogP) is 4.48. The topological polar surface area (TPSA) is 52.0 Å². The number of fused-ring (bicyclic) bond motifs is 1. The van der Waals surface area contributed by atoms with Gasteiger partial charge >= 0.3 is 0 Å². The van der Waals surface area contributed by atoms with Crippen LogP contribution in [-0.4, -0.2) is 21.4 Å². The normalized spacial score (nSPS) is 19.1. The van der Waals surface area contributed by atoms with E-state index in [4.69, 9.17) is 16.3 Å². The molecule has 0 aliphatic carbocycles. The Balaban J connectivity index is 1.66. The highest BCUT2D eigenvalue weighted by molar-refractivity contribution is 6.30. The zero-order chi connectivity index (χ0) is 17.2. The first kappa shape index (κ1) is 16.0. The molecule has 0 saturated heterocycles. The summed E-state index contributed by atoms with van der Waals surface area (Å²) >= 11 is 6.19. The van der Waals surface area contributed by atoms with E-state index in [1.165, 1.54) is 5.56 Å². The summed E-state index contributed by atoms with van der Waals surface area (Å²) < 4.78 is 7.46. The summed E-state index contributed by atoms with van der Waals surface area (Å²) in [7, 11) is 0. The van der Waals surface area contributed by atoms with Crippen LogP contribution in [0.3, 0.4) is 0 Å². The Labute approximate surface area is 151 Å². The number of anilines is 1. The van der Waals surface area contributed by atoms with Crippen LogP contribution in [0, 0.1) is 0 Å². The summed E-state index contributed by atoms with van der Waals surface area (Å²) in [5.74, 6) is 1.66. The number of hydrogen-bond acceptors (Lipinski definition) is 4. The first-order chi connectivity index (χ1) is 12.2. The summed E-state index contributed by atoms with van der Waals surface area (Å²) in [6.07, 6.45) is 2.45. The Morgan fingerprint density at radius 2 is 2.04 bits per heavy atom. The molecule has 0 saturated carbocycles. The minimum absolute atomic E-state index is 0.0917. The van der Waals surface area contributed by atoms with Crippen molar-refractivity contribution >= 4 is 17.5 Å². The van der Waals surface area contributed by atoms with E-state index >= 15 is 0 Å². The highest BCUT2D eigenvalue weighted by Crippen LogP contribution is 2.38. The number of nitrogens with zero attached hydrogens (tertiary/aromatic N) is 3. The van der Waals surface area contributed by atoms with Crippen LogP contribution in [-0.2, 0) is 0 Å². The van der Waals surface area contributed by atoms with Crippen molar-refractivity contribution in [1.82, 2.24) is 14.8 Å². The molecule has 0 spiro atoms. The van der Waals surface area contributed by atoms with E-state index in [-0.39, 0.29) is 12.1 Å². The lowest BCUT2D eigenvalue weighted by Crippen LogP contribution is -2.28. The van der Waals surface area contributed by atoms with Gasteiger partial charge in [-0.1, -0.05) is 35.9 Å². The van der Waals surface area contributed by atoms with E-state index in [0.29, 0.717) is 6.61 Å². The van der Waals surface area contributed by atoms with Gasteiger partial charge in [0.15, 0.2) is 0 Å². The minimum Gasteiger partial charge on any atom is -0.494 e. The quantitative estimate of drug-likeness (QED) is 0.750. The molecule has 5 nitrogen and oxygen atoms in total. The monoisotopic (exact) mass is 354 g/mol. The number of benzene rings is 2. The summed E-state index contributed by atoms with van der Waals surface area (Å²) in [4.78, 5) is 4.36. The van der Waals surface area contributed by atoms with Crippen LogP contribution in [0.1, 0.15) is 36.6 Å². The molecule has 1 N–H and O–H groups in total. The molecule has 3 aromatic rings. The number of aromatic nitrogens is 3. The van der Waals surface area contributed by atoms with Gasteiger partial charge in [0.2, 0.25) is 5.95 Å². The van der Waals surface area contributed by atoms with Crippen LogP contribution in [0.15, 0.2) is 54.9 Å². The smallest absolute Gasteiger partial charge is 0.222 e. The minimum atomic E-state index is 0.0917. The van der Waals surface area contributed by atoms with Crippen LogP contribution in [0.5, 0.6) is 5.75 Å². The van der Waals surface area contributed by atoms with Gasteiger partial charge in [0.05, 0.1) is 18.7 Å². The summed E-state index contributed by atoms with van der Waals surface area (Å²) in [6, 6.07) is 16.4. The van der Waals surface area contributed by atoms with Gasteiger partial charge in [-0.05, 0) is 48.7 Å². The third kappa shape index (κ3) is 3.20. The van der Waals surface area contributed by atoms with Crippen LogP contribution in [0.4, 0.5) is 5.95 Å². The van der Waals surface area contributed by atoms with Crippen molar-refractivity contribution < 1.29 is 4.74 Å². The van der Waals surface area contributed by atoms with Crippen LogP contribution < -0.4 is 10.1 Å². The fraction of sp³-hybridized carbons (Fsp3) is 0.263. The SMILES string of the molecule is CCOc1ccc([C@@H]2C[C@@H](c3cccc(Cl)c3)n3ncnc3N2)cc1. The molecule has 0 fully saturated rings. The van der Waals surface area contributed by atoms with Crippen molar-refractivity contribution in [2.24, 2.45) is 0 Å². The molecule has 1 aliphatic heterocycles. The lowest BCUT2D eigenvalue weighted by atomic mass is 9.93. The molecule has 25 heavy (non-hydrogen) atoms. The van der Waals surface area contributed by atoms with E-state index in [9.17, 15) is 0 Å². The highest BCUT2D eigenvalue weighted by atomic mass is 35.5. The average molecular weight is 355 g/mol. The van der Waals surface area contributed by atoms with Crippen LogP contribution >= 0.6 is 11.6 Å². The van der Waals surface area contributed by atoms with Crippen molar-refractivity contribution in [3.05, 3.63) is 71.0 Å². The fourth-order valence-corrected chi connectivity index (χ4v) is 3.49. The van der Waals surface area contributed by atoms with Crippen molar-refractivity contribution in [3.8, 4) is 5.75 Å². The molecule has 0 amide bonds. The molecule has 2 heterocycles. The van der Waals surface area contributed by atoms with Crippen LogP contribution in [0.25, 0.3) is 0 Å². The van der Waals surface area contributed by atoms with Crippen molar-refractivity contribution in [2.45, 2.75) is 25.4 Å². The fourth-order valence-electron chi connectivity index (χ4n) is 3.29. The van der Waals surface area contributed by atoms with Gasteiger partial charge in [-0.25, -0.2) is 4.68 Å². The standard InChI is InChI=1S/C19H19ClN4O/c1-2-25-16-8-6-13(7-9-16)17-11-18(14-4-3-5-15(20)10-14)24-19(23-17)21-12-22-24/h3-10,12,17-18H,2,11H2,1H3,(H,21,22,23)/t17-,18-/m0/s1. The van der Waals surface area contributed by atoms with Gasteiger partial charge in [-0.2, -0.15) is 10.1 Å². The number of halogens is 1. The third-order valence-corrected chi connectivity index (χ3v) is 4.69. The largest absolute Gasteiger partial charge is 0.494 e. The maximum absolute atomic E-state index is 6.19. The molecular formula is C19H19ClN4O. The first-order valence-corrected chi connectivity index (χ1v) is 8.76. The van der Waals surface area contributed by atoms with Crippen LogP contribution in [0.2, 0.25) is 5.02 Å². The Hall–Kier alpha value is -2.53. The maximum atomic E-state index is 6.19. The van der Waals surface area contributed by atoms with E-state index < -0.39 is 0 Å². The molecule has 0 radical (unpaired) electrons. The zero-order valence-electron chi connectivity index (χ0n) is 13.9. The Morgan fingerprint density at radius 1 is 1.20 bits per heavy atom. The summed E-state index contributed by atoms with van der Waals surface area (Å²) in [6.45, 7) is 2.65. The predicted molar refractivity (Wildman–Crippen MR) is 98.2 cm³/mol.